The van der Waals surface area contributed by atoms with Crippen LogP contribution in [0.2, 0.25) is 0 Å². The van der Waals surface area contributed by atoms with Crippen LogP contribution in [0.5, 0.6) is 11.5 Å². The van der Waals surface area contributed by atoms with Crippen LogP contribution in [0.1, 0.15) is 30.9 Å². The van der Waals surface area contributed by atoms with Gasteiger partial charge in [0.25, 0.3) is 5.91 Å². The Kier molecular flexibility index (Phi) is 8.70. The molecule has 1 aliphatic rings. The van der Waals surface area contributed by atoms with E-state index in [2.05, 4.69) is 0 Å². The largest absolute Gasteiger partial charge is 0.493 e. The van der Waals surface area contributed by atoms with E-state index < -0.39 is 5.97 Å². The first-order valence-electron chi connectivity index (χ1n) is 10.3. The Morgan fingerprint density at radius 1 is 1.16 bits per heavy atom. The molecule has 0 unspecified atom stereocenters. The van der Waals surface area contributed by atoms with Crippen molar-refractivity contribution in [1.29, 1.82) is 0 Å². The molecule has 1 saturated heterocycles. The first-order chi connectivity index (χ1) is 15.5. The van der Waals surface area contributed by atoms with E-state index in [0.29, 0.717) is 33.9 Å². The summed E-state index contributed by atoms with van der Waals surface area (Å²) in [5, 5.41) is 0. The van der Waals surface area contributed by atoms with Gasteiger partial charge in [-0.25, -0.2) is 0 Å². The summed E-state index contributed by atoms with van der Waals surface area (Å²) in [4.78, 5) is 26.4. The van der Waals surface area contributed by atoms with Crippen LogP contribution in [0, 0.1) is 0 Å². The first kappa shape index (κ1) is 23.8. The molecule has 3 rings (SSSR count). The standard InChI is InChI=1S/C24H25NO5S2/c1-3-4-12-29-22(26)15-25-23(27)21(32-24(25)31)14-18-10-11-19(20(13-18)28-2)30-16-17-8-6-5-7-9-17/h5-11,13-14H,3-4,12,15-16H2,1-2H3/b21-14-. The van der Waals surface area contributed by atoms with Gasteiger partial charge in [-0.15, -0.1) is 0 Å². The summed E-state index contributed by atoms with van der Waals surface area (Å²) in [5.74, 6) is 0.397. The van der Waals surface area contributed by atoms with Gasteiger partial charge < -0.3 is 14.2 Å². The highest BCUT2D eigenvalue weighted by molar-refractivity contribution is 8.26. The molecule has 1 fully saturated rings. The number of carbonyl (C=O) groups is 2. The average Bonchev–Trinajstić information content (AvgIpc) is 3.06. The number of nitrogens with zero attached hydrogens (tertiary/aromatic N) is 1. The van der Waals surface area contributed by atoms with Crippen LogP contribution in [0.25, 0.3) is 6.08 Å². The summed E-state index contributed by atoms with van der Waals surface area (Å²) in [6.07, 6.45) is 3.44. The van der Waals surface area contributed by atoms with Crippen LogP contribution in [-0.4, -0.2) is 41.4 Å². The third kappa shape index (κ3) is 6.34. The highest BCUT2D eigenvalue weighted by Gasteiger charge is 2.33. The van der Waals surface area contributed by atoms with Gasteiger partial charge in [-0.1, -0.05) is 73.7 Å². The molecule has 8 heteroatoms. The number of amides is 1. The van der Waals surface area contributed by atoms with E-state index in [9.17, 15) is 9.59 Å². The molecule has 6 nitrogen and oxygen atoms in total. The van der Waals surface area contributed by atoms with Gasteiger partial charge in [0.2, 0.25) is 0 Å². The summed E-state index contributed by atoms with van der Waals surface area (Å²) < 4.78 is 16.8. The number of esters is 1. The van der Waals surface area contributed by atoms with Gasteiger partial charge >= 0.3 is 5.97 Å². The van der Waals surface area contributed by atoms with E-state index in [1.165, 1.54) is 4.90 Å². The maximum atomic E-state index is 12.8. The van der Waals surface area contributed by atoms with Crippen molar-refractivity contribution in [3.63, 3.8) is 0 Å². The molecule has 32 heavy (non-hydrogen) atoms. The Hall–Kier alpha value is -2.84. The van der Waals surface area contributed by atoms with Crippen molar-refractivity contribution >= 4 is 46.3 Å². The predicted molar refractivity (Wildman–Crippen MR) is 130 cm³/mol. The first-order valence-corrected chi connectivity index (χ1v) is 11.5. The fraction of sp³-hybridized carbons (Fsp3) is 0.292. The molecule has 1 amide bonds. The molecular formula is C24H25NO5S2. The maximum absolute atomic E-state index is 12.8. The second-order valence-electron chi connectivity index (χ2n) is 7.03. The molecule has 2 aromatic rings. The van der Waals surface area contributed by atoms with E-state index in [-0.39, 0.29) is 12.5 Å². The van der Waals surface area contributed by atoms with Gasteiger partial charge in [0, 0.05) is 0 Å². The van der Waals surface area contributed by atoms with Crippen molar-refractivity contribution in [3.05, 3.63) is 64.6 Å². The molecule has 0 aromatic heterocycles. The molecule has 1 heterocycles. The van der Waals surface area contributed by atoms with Crippen molar-refractivity contribution < 1.29 is 23.8 Å². The van der Waals surface area contributed by atoms with Gasteiger partial charge in [-0.2, -0.15) is 0 Å². The summed E-state index contributed by atoms with van der Waals surface area (Å²) in [5.41, 5.74) is 1.82. The van der Waals surface area contributed by atoms with Crippen LogP contribution in [0.3, 0.4) is 0 Å². The number of unbranched alkanes of at least 4 members (excludes halogenated alkanes) is 1. The van der Waals surface area contributed by atoms with Crippen LogP contribution in [0.15, 0.2) is 53.4 Å². The lowest BCUT2D eigenvalue weighted by molar-refractivity contribution is -0.146. The molecule has 0 atom stereocenters. The summed E-state index contributed by atoms with van der Waals surface area (Å²) in [7, 11) is 1.57. The number of carbonyl (C=O) groups excluding carboxylic acids is 2. The van der Waals surface area contributed by atoms with Gasteiger partial charge in [0.05, 0.1) is 18.6 Å². The molecule has 0 aliphatic carbocycles. The highest BCUT2D eigenvalue weighted by atomic mass is 32.2. The number of methoxy groups -OCH3 is 1. The van der Waals surface area contributed by atoms with Crippen molar-refractivity contribution in [3.8, 4) is 11.5 Å². The topological polar surface area (TPSA) is 65.1 Å². The van der Waals surface area contributed by atoms with Crippen molar-refractivity contribution in [2.45, 2.75) is 26.4 Å². The minimum absolute atomic E-state index is 0.179. The minimum Gasteiger partial charge on any atom is -0.493 e. The molecule has 0 radical (unpaired) electrons. The maximum Gasteiger partial charge on any atom is 0.326 e. The van der Waals surface area contributed by atoms with E-state index in [0.717, 1.165) is 35.7 Å². The molecule has 0 N–H and O–H groups in total. The second kappa shape index (κ2) is 11.7. The monoisotopic (exact) mass is 471 g/mol. The smallest absolute Gasteiger partial charge is 0.326 e. The molecule has 0 bridgehead atoms. The van der Waals surface area contributed by atoms with Crippen molar-refractivity contribution in [2.24, 2.45) is 0 Å². The molecule has 168 valence electrons. The van der Waals surface area contributed by atoms with E-state index in [1.54, 1.807) is 25.3 Å². The Morgan fingerprint density at radius 2 is 1.94 bits per heavy atom. The number of hydrogen-bond donors (Lipinski definition) is 0. The summed E-state index contributed by atoms with van der Waals surface area (Å²) in [6, 6.07) is 15.3. The van der Waals surface area contributed by atoms with Crippen molar-refractivity contribution in [1.82, 2.24) is 4.90 Å². The number of thioether (sulfide) groups is 1. The Balaban J connectivity index is 1.67. The van der Waals surface area contributed by atoms with E-state index in [1.807, 2.05) is 43.3 Å². The van der Waals surface area contributed by atoms with Crippen LogP contribution < -0.4 is 9.47 Å². The highest BCUT2D eigenvalue weighted by Crippen LogP contribution is 2.35. The van der Waals surface area contributed by atoms with Gasteiger partial charge in [-0.3, -0.25) is 14.5 Å². The third-order valence-corrected chi connectivity index (χ3v) is 6.02. The molecule has 2 aromatic carbocycles. The third-order valence-electron chi connectivity index (χ3n) is 4.64. The predicted octanol–water partition coefficient (Wildman–Crippen LogP) is 4.82. The molecule has 1 aliphatic heterocycles. The zero-order valence-electron chi connectivity index (χ0n) is 18.0. The number of thiocarbonyl (C=S) groups is 1. The molecule has 0 saturated carbocycles. The quantitative estimate of drug-likeness (QED) is 0.213. The van der Waals surface area contributed by atoms with E-state index >= 15 is 0 Å². The minimum atomic E-state index is -0.461. The number of ether oxygens (including phenoxy) is 3. The lowest BCUT2D eigenvalue weighted by atomic mass is 10.1. The average molecular weight is 472 g/mol. The Bertz CT molecular complexity index is 1010. The fourth-order valence-electron chi connectivity index (χ4n) is 2.92. The Labute approximate surface area is 197 Å². The number of benzene rings is 2. The lowest BCUT2D eigenvalue weighted by Crippen LogP contribution is -2.34. The van der Waals surface area contributed by atoms with Crippen molar-refractivity contribution in [2.75, 3.05) is 20.3 Å². The normalized spacial score (nSPS) is 14.7. The zero-order chi connectivity index (χ0) is 22.9. The van der Waals surface area contributed by atoms with E-state index in [4.69, 9.17) is 26.4 Å². The fourth-order valence-corrected chi connectivity index (χ4v) is 4.18. The number of hydrogen-bond acceptors (Lipinski definition) is 7. The number of rotatable bonds is 10. The lowest BCUT2D eigenvalue weighted by Gasteiger charge is -2.13. The summed E-state index contributed by atoms with van der Waals surface area (Å²) >= 11 is 6.45. The van der Waals surface area contributed by atoms with Gasteiger partial charge in [-0.05, 0) is 35.8 Å². The van der Waals surface area contributed by atoms with Crippen LogP contribution >= 0.6 is 24.0 Å². The van der Waals surface area contributed by atoms with Crippen LogP contribution in [0.4, 0.5) is 0 Å². The van der Waals surface area contributed by atoms with Gasteiger partial charge in [0.1, 0.15) is 17.5 Å². The molecular weight excluding hydrogens is 446 g/mol. The zero-order valence-corrected chi connectivity index (χ0v) is 19.7. The molecule has 0 spiro atoms. The second-order valence-corrected chi connectivity index (χ2v) is 8.70. The van der Waals surface area contributed by atoms with Gasteiger partial charge in [0.15, 0.2) is 11.5 Å². The summed E-state index contributed by atoms with van der Waals surface area (Å²) in [6.45, 7) is 2.60. The van der Waals surface area contributed by atoms with Crippen LogP contribution in [-0.2, 0) is 20.9 Å². The Morgan fingerprint density at radius 3 is 2.66 bits per heavy atom. The SMILES string of the molecule is CCCCOC(=O)CN1C(=O)/C(=C/c2ccc(OCc3ccccc3)c(OC)c2)SC1=S.